The normalized spacial score (nSPS) is 10.5. The van der Waals surface area contributed by atoms with Crippen LogP contribution in [0.3, 0.4) is 0 Å². The Labute approximate surface area is 149 Å². The van der Waals surface area contributed by atoms with Crippen LogP contribution in [0.25, 0.3) is 0 Å². The first kappa shape index (κ1) is 18.3. The summed E-state index contributed by atoms with van der Waals surface area (Å²) < 4.78 is 5.40. The molecular weight excluding hydrogens is 324 g/mol. The van der Waals surface area contributed by atoms with Crippen LogP contribution in [0.4, 0.5) is 17.5 Å². The van der Waals surface area contributed by atoms with Gasteiger partial charge in [-0.25, -0.2) is 4.98 Å². The van der Waals surface area contributed by atoms with Gasteiger partial charge in [0.1, 0.15) is 11.6 Å². The van der Waals surface area contributed by atoms with E-state index in [4.69, 9.17) is 16.3 Å². The average Bonchev–Trinajstić information content (AvgIpc) is 2.58. The average molecular weight is 349 g/mol. The molecule has 2 aromatic rings. The highest BCUT2D eigenvalue weighted by Crippen LogP contribution is 2.32. The third kappa shape index (κ3) is 4.51. The number of aryl methyl sites for hydroxylation is 1. The second-order valence-electron chi connectivity index (χ2n) is 5.65. The SMILES string of the molecule is CCCN(CCC)c1ccnc(Nc2cc(C)c(Cl)cc2OC)n1. The van der Waals surface area contributed by atoms with Gasteiger partial charge in [0, 0.05) is 30.4 Å². The molecule has 1 aromatic carbocycles. The maximum atomic E-state index is 6.16. The van der Waals surface area contributed by atoms with Crippen molar-refractivity contribution in [1.82, 2.24) is 9.97 Å². The maximum absolute atomic E-state index is 6.16. The van der Waals surface area contributed by atoms with Gasteiger partial charge in [0.2, 0.25) is 5.95 Å². The van der Waals surface area contributed by atoms with Crippen LogP contribution in [0.1, 0.15) is 32.3 Å². The highest BCUT2D eigenvalue weighted by molar-refractivity contribution is 6.31. The van der Waals surface area contributed by atoms with Gasteiger partial charge in [-0.05, 0) is 37.5 Å². The van der Waals surface area contributed by atoms with Crippen LogP contribution in [0.2, 0.25) is 5.02 Å². The van der Waals surface area contributed by atoms with E-state index in [0.29, 0.717) is 16.7 Å². The molecule has 1 aromatic heterocycles. The molecule has 6 heteroatoms. The van der Waals surface area contributed by atoms with E-state index < -0.39 is 0 Å². The summed E-state index contributed by atoms with van der Waals surface area (Å²) >= 11 is 6.16. The smallest absolute Gasteiger partial charge is 0.229 e. The van der Waals surface area contributed by atoms with E-state index in [1.807, 2.05) is 19.1 Å². The molecule has 0 radical (unpaired) electrons. The number of halogens is 1. The van der Waals surface area contributed by atoms with Gasteiger partial charge in [-0.3, -0.25) is 0 Å². The molecule has 0 spiro atoms. The number of ether oxygens (including phenoxy) is 1. The van der Waals surface area contributed by atoms with E-state index >= 15 is 0 Å². The predicted octanol–water partition coefficient (Wildman–Crippen LogP) is 4.82. The molecule has 0 fully saturated rings. The molecule has 0 aliphatic heterocycles. The Kier molecular flexibility index (Phi) is 6.67. The third-order valence-corrected chi connectivity index (χ3v) is 4.09. The molecule has 2 rings (SSSR count). The first-order chi connectivity index (χ1) is 11.6. The quantitative estimate of drug-likeness (QED) is 0.741. The molecule has 0 unspecified atom stereocenters. The minimum Gasteiger partial charge on any atom is -0.495 e. The molecule has 0 bridgehead atoms. The summed E-state index contributed by atoms with van der Waals surface area (Å²) in [5, 5.41) is 3.91. The Bertz CT molecular complexity index is 672. The van der Waals surface area contributed by atoms with Gasteiger partial charge < -0.3 is 15.0 Å². The Balaban J connectivity index is 2.28. The number of rotatable bonds is 8. The van der Waals surface area contributed by atoms with E-state index in [0.717, 1.165) is 43.0 Å². The summed E-state index contributed by atoms with van der Waals surface area (Å²) in [6.45, 7) is 8.25. The van der Waals surface area contributed by atoms with Crippen LogP contribution in [-0.4, -0.2) is 30.2 Å². The monoisotopic (exact) mass is 348 g/mol. The molecule has 0 amide bonds. The second-order valence-corrected chi connectivity index (χ2v) is 6.06. The van der Waals surface area contributed by atoms with Crippen LogP contribution in [0, 0.1) is 6.92 Å². The molecule has 0 saturated heterocycles. The molecule has 5 nitrogen and oxygen atoms in total. The molecule has 0 aliphatic rings. The summed E-state index contributed by atoms with van der Waals surface area (Å²) in [5.41, 5.74) is 1.77. The largest absolute Gasteiger partial charge is 0.495 e. The first-order valence-corrected chi connectivity index (χ1v) is 8.66. The Morgan fingerprint density at radius 1 is 1.21 bits per heavy atom. The minimum atomic E-state index is 0.546. The topological polar surface area (TPSA) is 50.3 Å². The van der Waals surface area contributed by atoms with Crippen LogP contribution in [-0.2, 0) is 0 Å². The van der Waals surface area contributed by atoms with E-state index in [1.165, 1.54) is 0 Å². The lowest BCUT2D eigenvalue weighted by Crippen LogP contribution is -2.26. The number of benzene rings is 1. The summed E-state index contributed by atoms with van der Waals surface area (Å²) in [5.74, 6) is 2.14. The number of nitrogens with zero attached hydrogens (tertiary/aromatic N) is 3. The van der Waals surface area contributed by atoms with Gasteiger partial charge in [-0.15, -0.1) is 0 Å². The van der Waals surface area contributed by atoms with Crippen molar-refractivity contribution in [1.29, 1.82) is 0 Å². The molecular formula is C18H25ClN4O. The Morgan fingerprint density at radius 2 is 1.92 bits per heavy atom. The zero-order valence-corrected chi connectivity index (χ0v) is 15.5. The first-order valence-electron chi connectivity index (χ1n) is 8.28. The number of aromatic nitrogens is 2. The van der Waals surface area contributed by atoms with Crippen LogP contribution < -0.4 is 15.0 Å². The van der Waals surface area contributed by atoms with Crippen LogP contribution in [0.5, 0.6) is 5.75 Å². The van der Waals surface area contributed by atoms with Crippen molar-refractivity contribution in [2.45, 2.75) is 33.6 Å². The Morgan fingerprint density at radius 3 is 2.54 bits per heavy atom. The van der Waals surface area contributed by atoms with E-state index in [1.54, 1.807) is 19.4 Å². The van der Waals surface area contributed by atoms with Crippen molar-refractivity contribution < 1.29 is 4.74 Å². The predicted molar refractivity (Wildman–Crippen MR) is 101 cm³/mol. The number of methoxy groups -OCH3 is 1. The van der Waals surface area contributed by atoms with Crippen molar-refractivity contribution >= 4 is 29.1 Å². The van der Waals surface area contributed by atoms with E-state index in [2.05, 4.69) is 34.0 Å². The Hall–Kier alpha value is -2.01. The van der Waals surface area contributed by atoms with E-state index in [-0.39, 0.29) is 0 Å². The molecule has 0 aliphatic carbocycles. The third-order valence-electron chi connectivity index (χ3n) is 3.68. The number of hydrogen-bond acceptors (Lipinski definition) is 5. The zero-order chi connectivity index (χ0) is 17.5. The lowest BCUT2D eigenvalue weighted by atomic mass is 10.2. The summed E-state index contributed by atoms with van der Waals surface area (Å²) in [7, 11) is 1.62. The van der Waals surface area contributed by atoms with E-state index in [9.17, 15) is 0 Å². The van der Waals surface area contributed by atoms with Gasteiger partial charge >= 0.3 is 0 Å². The molecule has 0 saturated carbocycles. The second kappa shape index (κ2) is 8.73. The van der Waals surface area contributed by atoms with Crippen molar-refractivity contribution in [3.05, 3.63) is 35.0 Å². The van der Waals surface area contributed by atoms with Gasteiger partial charge in [0.25, 0.3) is 0 Å². The molecule has 24 heavy (non-hydrogen) atoms. The number of anilines is 3. The molecule has 1 heterocycles. The molecule has 130 valence electrons. The zero-order valence-electron chi connectivity index (χ0n) is 14.8. The summed E-state index contributed by atoms with van der Waals surface area (Å²) in [6.07, 6.45) is 3.94. The summed E-state index contributed by atoms with van der Waals surface area (Å²) in [6, 6.07) is 5.68. The van der Waals surface area contributed by atoms with Crippen LogP contribution >= 0.6 is 11.6 Å². The molecule has 1 N–H and O–H groups in total. The van der Waals surface area contributed by atoms with Gasteiger partial charge in [-0.2, -0.15) is 4.98 Å². The lowest BCUT2D eigenvalue weighted by Gasteiger charge is -2.22. The van der Waals surface area contributed by atoms with Crippen molar-refractivity contribution in [3.63, 3.8) is 0 Å². The standard InChI is InChI=1S/C18H25ClN4O/c1-5-9-23(10-6-2)17-7-8-20-18(22-17)21-15-11-13(3)14(19)12-16(15)24-4/h7-8,11-12H,5-6,9-10H2,1-4H3,(H,20,21,22). The van der Waals surface area contributed by atoms with Gasteiger partial charge in [0.15, 0.2) is 0 Å². The fraction of sp³-hybridized carbons (Fsp3) is 0.444. The maximum Gasteiger partial charge on any atom is 0.229 e. The lowest BCUT2D eigenvalue weighted by molar-refractivity contribution is 0.416. The molecule has 0 atom stereocenters. The summed E-state index contributed by atoms with van der Waals surface area (Å²) in [4.78, 5) is 11.3. The van der Waals surface area contributed by atoms with Crippen molar-refractivity contribution in [2.24, 2.45) is 0 Å². The fourth-order valence-corrected chi connectivity index (χ4v) is 2.67. The van der Waals surface area contributed by atoms with Crippen LogP contribution in [0.15, 0.2) is 24.4 Å². The van der Waals surface area contributed by atoms with Crippen molar-refractivity contribution in [3.8, 4) is 5.75 Å². The highest BCUT2D eigenvalue weighted by atomic mass is 35.5. The number of nitrogens with one attached hydrogen (secondary N) is 1. The fourth-order valence-electron chi connectivity index (χ4n) is 2.52. The minimum absolute atomic E-state index is 0.546. The van der Waals surface area contributed by atoms with Gasteiger partial charge in [-0.1, -0.05) is 25.4 Å². The van der Waals surface area contributed by atoms with Gasteiger partial charge in [0.05, 0.1) is 12.8 Å². The highest BCUT2D eigenvalue weighted by Gasteiger charge is 2.11. The number of hydrogen-bond donors (Lipinski definition) is 1. The van der Waals surface area contributed by atoms with Crippen molar-refractivity contribution in [2.75, 3.05) is 30.4 Å².